The summed E-state index contributed by atoms with van der Waals surface area (Å²) in [6.45, 7) is 4.72. The van der Waals surface area contributed by atoms with Gasteiger partial charge >= 0.3 is 0 Å². The molecule has 1 aromatic carbocycles. The molecule has 0 radical (unpaired) electrons. The zero-order valence-corrected chi connectivity index (χ0v) is 12.9. The molecule has 3 rings (SSSR count). The fraction of sp³-hybridized carbons (Fsp3) is 0.667. The number of hydrogen-bond donors (Lipinski definition) is 2. The average molecular weight is 288 g/mol. The molecule has 0 amide bonds. The van der Waals surface area contributed by atoms with Crippen molar-refractivity contribution in [3.63, 3.8) is 0 Å². The minimum Gasteiger partial charge on any atom is -0.396 e. The Morgan fingerprint density at radius 1 is 1.19 bits per heavy atom. The molecule has 1 atom stereocenters. The van der Waals surface area contributed by atoms with Gasteiger partial charge in [0.25, 0.3) is 0 Å². The Kier molecular flexibility index (Phi) is 4.94. The Morgan fingerprint density at radius 2 is 1.95 bits per heavy atom. The summed E-state index contributed by atoms with van der Waals surface area (Å²) in [7, 11) is 0. The van der Waals surface area contributed by atoms with Gasteiger partial charge in [0.2, 0.25) is 0 Å². The van der Waals surface area contributed by atoms with E-state index in [4.69, 9.17) is 0 Å². The second kappa shape index (κ2) is 6.91. The molecule has 1 saturated carbocycles. The second-order valence-electron chi connectivity index (χ2n) is 6.95. The van der Waals surface area contributed by atoms with E-state index in [-0.39, 0.29) is 5.41 Å². The van der Waals surface area contributed by atoms with E-state index in [1.54, 1.807) is 0 Å². The monoisotopic (exact) mass is 288 g/mol. The molecule has 1 saturated heterocycles. The summed E-state index contributed by atoms with van der Waals surface area (Å²) in [6.07, 6.45) is 6.18. The summed E-state index contributed by atoms with van der Waals surface area (Å²) in [5, 5.41) is 13.4. The van der Waals surface area contributed by atoms with Gasteiger partial charge in [-0.25, -0.2) is 0 Å². The summed E-state index contributed by atoms with van der Waals surface area (Å²) in [4.78, 5) is 2.53. The van der Waals surface area contributed by atoms with Crippen LogP contribution < -0.4 is 5.32 Å². The van der Waals surface area contributed by atoms with Crippen LogP contribution in [-0.4, -0.2) is 42.3 Å². The van der Waals surface area contributed by atoms with Gasteiger partial charge in [-0.3, -0.25) is 4.90 Å². The number of nitrogens with zero attached hydrogens (tertiary/aromatic N) is 1. The molecule has 2 fully saturated rings. The van der Waals surface area contributed by atoms with Crippen LogP contribution in [0.4, 0.5) is 0 Å². The van der Waals surface area contributed by atoms with Crippen LogP contribution in [0.3, 0.4) is 0 Å². The maximum absolute atomic E-state index is 9.69. The molecular formula is C18H28N2O. The predicted molar refractivity (Wildman–Crippen MR) is 86.1 cm³/mol. The Hall–Kier alpha value is -0.900. The number of rotatable bonds is 6. The predicted octanol–water partition coefficient (Wildman–Crippen LogP) is 2.40. The summed E-state index contributed by atoms with van der Waals surface area (Å²) in [5.74, 6) is 0. The lowest BCUT2D eigenvalue weighted by Crippen LogP contribution is -2.41. The normalized spacial score (nSPS) is 25.5. The van der Waals surface area contributed by atoms with Crippen LogP contribution in [-0.2, 0) is 6.54 Å². The minimum absolute atomic E-state index is 0.173. The molecule has 0 spiro atoms. The first-order chi connectivity index (χ1) is 10.3. The molecule has 21 heavy (non-hydrogen) atoms. The van der Waals surface area contributed by atoms with E-state index in [0.717, 1.165) is 19.6 Å². The maximum Gasteiger partial charge on any atom is 0.0499 e. The molecule has 1 aliphatic carbocycles. The van der Waals surface area contributed by atoms with Gasteiger partial charge in [0.05, 0.1) is 0 Å². The van der Waals surface area contributed by atoms with Crippen molar-refractivity contribution >= 4 is 0 Å². The first kappa shape index (κ1) is 15.0. The molecule has 3 heteroatoms. The highest BCUT2D eigenvalue weighted by atomic mass is 16.3. The minimum atomic E-state index is 0.173. The number of aliphatic hydroxyl groups is 1. The highest BCUT2D eigenvalue weighted by Gasteiger charge is 2.34. The average Bonchev–Trinajstić information content (AvgIpc) is 3.16. The Morgan fingerprint density at radius 3 is 2.67 bits per heavy atom. The zero-order valence-electron chi connectivity index (χ0n) is 12.9. The number of benzene rings is 1. The van der Waals surface area contributed by atoms with Gasteiger partial charge in [0, 0.05) is 44.2 Å². The van der Waals surface area contributed by atoms with Gasteiger partial charge in [-0.2, -0.15) is 0 Å². The molecule has 2 aliphatic rings. The van der Waals surface area contributed by atoms with E-state index in [9.17, 15) is 5.11 Å². The molecule has 1 aliphatic heterocycles. The first-order valence-electron chi connectivity index (χ1n) is 8.40. The third-order valence-electron chi connectivity index (χ3n) is 5.29. The van der Waals surface area contributed by atoms with Crippen molar-refractivity contribution in [1.82, 2.24) is 10.2 Å². The Balaban J connectivity index is 1.44. The van der Waals surface area contributed by atoms with Crippen molar-refractivity contribution in [1.29, 1.82) is 0 Å². The topological polar surface area (TPSA) is 35.5 Å². The van der Waals surface area contributed by atoms with Crippen LogP contribution >= 0.6 is 0 Å². The summed E-state index contributed by atoms with van der Waals surface area (Å²) < 4.78 is 0. The van der Waals surface area contributed by atoms with Gasteiger partial charge in [-0.1, -0.05) is 43.2 Å². The molecular weight excluding hydrogens is 260 g/mol. The summed E-state index contributed by atoms with van der Waals surface area (Å²) in [6, 6.07) is 11.3. The molecule has 1 aromatic rings. The molecule has 3 nitrogen and oxygen atoms in total. The fourth-order valence-corrected chi connectivity index (χ4v) is 3.86. The number of hydrogen-bond acceptors (Lipinski definition) is 3. The highest BCUT2D eigenvalue weighted by molar-refractivity contribution is 5.14. The largest absolute Gasteiger partial charge is 0.396 e. The Labute approximate surface area is 128 Å². The molecule has 0 bridgehead atoms. The third kappa shape index (κ3) is 3.85. The molecule has 2 N–H and O–H groups in total. The molecule has 0 aromatic heterocycles. The third-order valence-corrected chi connectivity index (χ3v) is 5.29. The van der Waals surface area contributed by atoms with E-state index in [0.29, 0.717) is 12.6 Å². The van der Waals surface area contributed by atoms with Gasteiger partial charge in [0.1, 0.15) is 0 Å². The van der Waals surface area contributed by atoms with Crippen molar-refractivity contribution in [2.24, 2.45) is 5.41 Å². The smallest absolute Gasteiger partial charge is 0.0499 e. The second-order valence-corrected chi connectivity index (χ2v) is 6.95. The zero-order chi connectivity index (χ0) is 14.5. The van der Waals surface area contributed by atoms with Crippen LogP contribution in [0.1, 0.15) is 37.7 Å². The first-order valence-corrected chi connectivity index (χ1v) is 8.40. The number of aliphatic hydroxyl groups excluding tert-OH is 1. The van der Waals surface area contributed by atoms with Crippen LogP contribution in [0.15, 0.2) is 30.3 Å². The summed E-state index contributed by atoms with van der Waals surface area (Å²) >= 11 is 0. The van der Waals surface area contributed by atoms with E-state index in [2.05, 4.69) is 40.5 Å². The standard InChI is InChI=1S/C18H28N2O/c21-15-18(9-4-5-10-18)14-19-17-8-11-20(13-17)12-16-6-2-1-3-7-16/h1-3,6-7,17,19,21H,4-5,8-15H2/t17-/m0/s1. The quantitative estimate of drug-likeness (QED) is 0.844. The number of likely N-dealkylation sites (tertiary alicyclic amines) is 1. The lowest BCUT2D eigenvalue weighted by Gasteiger charge is -2.28. The lowest BCUT2D eigenvalue weighted by atomic mass is 9.87. The molecule has 0 unspecified atom stereocenters. The molecule has 116 valence electrons. The van der Waals surface area contributed by atoms with E-state index in [1.807, 2.05) is 0 Å². The van der Waals surface area contributed by atoms with Crippen molar-refractivity contribution in [2.75, 3.05) is 26.2 Å². The van der Waals surface area contributed by atoms with E-state index in [1.165, 1.54) is 44.2 Å². The van der Waals surface area contributed by atoms with Crippen molar-refractivity contribution in [3.8, 4) is 0 Å². The van der Waals surface area contributed by atoms with Crippen LogP contribution in [0.5, 0.6) is 0 Å². The number of nitrogens with one attached hydrogen (secondary N) is 1. The van der Waals surface area contributed by atoms with Gasteiger partial charge in [0.15, 0.2) is 0 Å². The lowest BCUT2D eigenvalue weighted by molar-refractivity contribution is 0.124. The van der Waals surface area contributed by atoms with Crippen molar-refractivity contribution < 1.29 is 5.11 Å². The van der Waals surface area contributed by atoms with Crippen molar-refractivity contribution in [2.45, 2.75) is 44.7 Å². The van der Waals surface area contributed by atoms with E-state index >= 15 is 0 Å². The highest BCUT2D eigenvalue weighted by Crippen LogP contribution is 2.37. The van der Waals surface area contributed by atoms with Crippen molar-refractivity contribution in [3.05, 3.63) is 35.9 Å². The SMILES string of the molecule is OCC1(CN[C@H]2CCN(Cc3ccccc3)C2)CCCC1. The fourth-order valence-electron chi connectivity index (χ4n) is 3.86. The van der Waals surface area contributed by atoms with Gasteiger partial charge in [-0.15, -0.1) is 0 Å². The Bertz CT molecular complexity index is 428. The molecule has 1 heterocycles. The van der Waals surface area contributed by atoms with Crippen LogP contribution in [0, 0.1) is 5.41 Å². The maximum atomic E-state index is 9.69. The van der Waals surface area contributed by atoms with Crippen LogP contribution in [0.2, 0.25) is 0 Å². The van der Waals surface area contributed by atoms with Crippen LogP contribution in [0.25, 0.3) is 0 Å². The van der Waals surface area contributed by atoms with Gasteiger partial charge in [-0.05, 0) is 24.8 Å². The summed E-state index contributed by atoms with van der Waals surface area (Å²) in [5.41, 5.74) is 1.58. The van der Waals surface area contributed by atoms with Gasteiger partial charge < -0.3 is 10.4 Å². The van der Waals surface area contributed by atoms with E-state index < -0.39 is 0 Å².